The molecule has 0 unspecified atom stereocenters. The fraction of sp³-hybridized carbons (Fsp3) is 0.480. The van der Waals surface area contributed by atoms with Crippen LogP contribution in [-0.4, -0.2) is 120 Å². The van der Waals surface area contributed by atoms with E-state index in [1.54, 1.807) is 19.1 Å². The van der Waals surface area contributed by atoms with Gasteiger partial charge in [-0.05, 0) is 93.7 Å². The molecule has 3 saturated heterocycles. The largest absolute Gasteiger partial charge is 0.489 e. The number of sulfonamides is 1. The molecule has 0 radical (unpaired) electrons. The Bertz CT molecular complexity index is 2890. The molecule has 10 rings (SSSR count). The number of halogens is 1. The van der Waals surface area contributed by atoms with Crippen LogP contribution < -0.4 is 24.4 Å². The van der Waals surface area contributed by atoms with Crippen molar-refractivity contribution in [2.75, 3.05) is 69.7 Å². The maximum atomic E-state index is 14.7. The molecular weight excluding hydrogens is 906 g/mol. The highest BCUT2D eigenvalue weighted by molar-refractivity contribution is 7.90. The van der Waals surface area contributed by atoms with Crippen molar-refractivity contribution in [2.45, 2.75) is 87.8 Å². The van der Waals surface area contributed by atoms with Crippen LogP contribution in [0.2, 0.25) is 0 Å². The Morgan fingerprint density at radius 2 is 1.80 bits per heavy atom. The molecule has 69 heavy (non-hydrogen) atoms. The van der Waals surface area contributed by atoms with Crippen molar-refractivity contribution in [3.05, 3.63) is 106 Å². The van der Waals surface area contributed by atoms with Crippen molar-refractivity contribution in [3.8, 4) is 17.2 Å². The zero-order chi connectivity index (χ0) is 48.4. The number of fused-ring (bicyclic) bond motifs is 2. The smallest absolute Gasteiger partial charge is 0.297 e. The zero-order valence-electron chi connectivity index (χ0n) is 39.4. The van der Waals surface area contributed by atoms with E-state index in [0.29, 0.717) is 37.2 Å². The van der Waals surface area contributed by atoms with Crippen molar-refractivity contribution in [1.82, 2.24) is 29.6 Å². The van der Waals surface area contributed by atoms with Crippen molar-refractivity contribution in [2.24, 2.45) is 11.3 Å². The van der Waals surface area contributed by atoms with E-state index < -0.39 is 42.9 Å². The number of amides is 1. The monoisotopic (exact) mass is 965 g/mol. The molecule has 2 aromatic heterocycles. The number of H-pyrrole nitrogens is 1. The standard InChI is InChI=1S/C50H60FN9O8S/c1-31(2)36-7-5-6-8-37(36)43-27-56(4)19-20-59(43)58-29-50(30-58)15-17-57(18-16-50)33-9-10-38(44(21-33)68-34-22-39-40(51)26-53-47(39)52-25-34)48(61)55-69(65,66)35-23-42(60(63)64)46-45(24-35)67-28-41(54-46)32-11-13-49(3,62)14-12-32/h5-10,21-26,31-32,41,43,54,62H,11-20,27-30H2,1-4H3,(H,52,53)(H,55,61)/t32-,41-,43-,49-/m1/s1. The fourth-order valence-electron chi connectivity index (χ4n) is 11.1. The number of nitro benzene ring substituents is 1. The Morgan fingerprint density at radius 3 is 2.54 bits per heavy atom. The van der Waals surface area contributed by atoms with Crippen LogP contribution in [-0.2, 0) is 10.0 Å². The lowest BCUT2D eigenvalue weighted by Gasteiger charge is -2.60. The summed E-state index contributed by atoms with van der Waals surface area (Å²) in [4.78, 5) is 37.0. The van der Waals surface area contributed by atoms with Crippen LogP contribution >= 0.6 is 0 Å². The van der Waals surface area contributed by atoms with E-state index in [2.05, 4.69) is 85.0 Å². The maximum absolute atomic E-state index is 14.7. The van der Waals surface area contributed by atoms with E-state index in [4.69, 9.17) is 9.47 Å². The quantitative estimate of drug-likeness (QED) is 0.0747. The third-order valence-electron chi connectivity index (χ3n) is 15.2. The van der Waals surface area contributed by atoms with Crippen molar-refractivity contribution in [1.29, 1.82) is 0 Å². The number of nitrogens with one attached hydrogen (secondary N) is 3. The minimum absolute atomic E-state index is 0.00871. The molecule has 19 heteroatoms. The van der Waals surface area contributed by atoms with E-state index in [1.165, 1.54) is 41.7 Å². The molecule has 5 aromatic rings. The minimum atomic E-state index is -4.72. The molecule has 3 aromatic carbocycles. The highest BCUT2D eigenvalue weighted by Gasteiger charge is 2.49. The molecular formula is C50H60FN9O8S. The highest BCUT2D eigenvalue weighted by atomic mass is 32.2. The first-order valence-electron chi connectivity index (χ1n) is 23.9. The number of piperidine rings is 1. The molecule has 5 aliphatic rings. The summed E-state index contributed by atoms with van der Waals surface area (Å²) in [6.45, 7) is 12.8. The summed E-state index contributed by atoms with van der Waals surface area (Å²) in [7, 11) is -2.52. The predicted octanol–water partition coefficient (Wildman–Crippen LogP) is 7.56. The Hall–Kier alpha value is -5.86. The number of anilines is 2. The van der Waals surface area contributed by atoms with Crippen molar-refractivity contribution < 1.29 is 37.1 Å². The number of nitro groups is 1. The average molecular weight is 966 g/mol. The number of hydrogen-bond donors (Lipinski definition) is 4. The maximum Gasteiger partial charge on any atom is 0.297 e. The normalized spacial score (nSPS) is 24.3. The summed E-state index contributed by atoms with van der Waals surface area (Å²) in [5, 5.41) is 31.4. The number of hydrazine groups is 1. The lowest BCUT2D eigenvalue weighted by atomic mass is 9.72. The number of carbonyl (C=O) groups is 1. The number of piperazine rings is 1. The van der Waals surface area contributed by atoms with E-state index >= 15 is 0 Å². The Labute approximate surface area is 401 Å². The topological polar surface area (TPSA) is 199 Å². The third kappa shape index (κ3) is 9.34. The molecule has 0 bridgehead atoms. The first kappa shape index (κ1) is 46.8. The van der Waals surface area contributed by atoms with Gasteiger partial charge in [-0.25, -0.2) is 32.5 Å². The number of likely N-dealkylation sites (N-methyl/N-ethyl adjacent to an activating group) is 1. The van der Waals surface area contributed by atoms with Gasteiger partial charge in [0.2, 0.25) is 0 Å². The van der Waals surface area contributed by atoms with Crippen LogP contribution in [0.1, 0.15) is 92.7 Å². The molecule has 17 nitrogen and oxygen atoms in total. The molecule has 4 N–H and O–H groups in total. The van der Waals surface area contributed by atoms with E-state index in [-0.39, 0.29) is 63.9 Å². The number of pyridine rings is 1. The number of hydrogen-bond acceptors (Lipinski definition) is 14. The van der Waals surface area contributed by atoms with Gasteiger partial charge < -0.3 is 34.7 Å². The van der Waals surface area contributed by atoms with Gasteiger partial charge in [0.05, 0.1) is 44.7 Å². The second-order valence-corrected chi connectivity index (χ2v) is 22.1. The highest BCUT2D eigenvalue weighted by Crippen LogP contribution is 2.46. The summed E-state index contributed by atoms with van der Waals surface area (Å²) in [6, 6.07) is 17.3. The molecule has 1 spiro atoms. The molecule has 6 heterocycles. The summed E-state index contributed by atoms with van der Waals surface area (Å²) in [6.07, 6.45) is 7.02. The molecule has 366 valence electrons. The van der Waals surface area contributed by atoms with Gasteiger partial charge in [0.25, 0.3) is 21.6 Å². The van der Waals surface area contributed by atoms with Crippen LogP contribution in [0.4, 0.5) is 21.5 Å². The van der Waals surface area contributed by atoms with E-state index in [1.807, 2.05) is 0 Å². The van der Waals surface area contributed by atoms with Crippen LogP contribution in [0.3, 0.4) is 0 Å². The van der Waals surface area contributed by atoms with E-state index in [9.17, 15) is 32.8 Å². The molecule has 4 aliphatic heterocycles. The van der Waals surface area contributed by atoms with Gasteiger partial charge in [0, 0.05) is 81.3 Å². The number of carbonyl (C=O) groups excluding carboxylic acids is 1. The van der Waals surface area contributed by atoms with Crippen LogP contribution in [0.25, 0.3) is 11.0 Å². The SMILES string of the molecule is CC(C)c1ccccc1[C@H]1CN(C)CCN1N1CC2(CCN(c3ccc(C(=O)NS(=O)(=O)c4cc5c(c([N+](=O)[O-])c4)N[C@@H]([C@H]4CC[C@](C)(O)CC4)CO5)c(Oc4cnc5[nH]cc(F)c5c4)c3)CC2)C1. The summed E-state index contributed by atoms with van der Waals surface area (Å²) >= 11 is 0. The second kappa shape index (κ2) is 18.1. The second-order valence-electron chi connectivity index (χ2n) is 20.4. The predicted molar refractivity (Wildman–Crippen MR) is 259 cm³/mol. The Morgan fingerprint density at radius 1 is 1.04 bits per heavy atom. The number of aromatic nitrogens is 2. The molecule has 1 aliphatic carbocycles. The lowest BCUT2D eigenvalue weighted by Crippen LogP contribution is -2.68. The van der Waals surface area contributed by atoms with Crippen LogP contribution in [0.15, 0.2) is 78.0 Å². The molecule has 1 saturated carbocycles. The van der Waals surface area contributed by atoms with Gasteiger partial charge in [0.15, 0.2) is 11.4 Å². The number of aromatic amines is 1. The summed E-state index contributed by atoms with van der Waals surface area (Å²) < 4.78 is 57.0. The Balaban J connectivity index is 0.865. The molecule has 2 atom stereocenters. The summed E-state index contributed by atoms with van der Waals surface area (Å²) in [5.41, 5.74) is 2.64. The first-order chi connectivity index (χ1) is 32.9. The number of ether oxygens (including phenoxy) is 2. The van der Waals surface area contributed by atoms with Crippen LogP contribution in [0.5, 0.6) is 17.2 Å². The van der Waals surface area contributed by atoms with Gasteiger partial charge in [0.1, 0.15) is 29.6 Å². The van der Waals surface area contributed by atoms with Crippen molar-refractivity contribution in [3.63, 3.8) is 0 Å². The first-order valence-corrected chi connectivity index (χ1v) is 25.4. The zero-order valence-corrected chi connectivity index (χ0v) is 40.2. The fourth-order valence-corrected chi connectivity index (χ4v) is 12.1. The van der Waals surface area contributed by atoms with E-state index in [0.717, 1.165) is 70.4 Å². The number of nitrogens with zero attached hydrogens (tertiary/aromatic N) is 6. The Kier molecular flexibility index (Phi) is 12.3. The lowest BCUT2D eigenvalue weighted by molar-refractivity contribution is -0.384. The minimum Gasteiger partial charge on any atom is -0.489 e. The van der Waals surface area contributed by atoms with Crippen LogP contribution in [0, 0.1) is 27.3 Å². The van der Waals surface area contributed by atoms with Gasteiger partial charge >= 0.3 is 0 Å². The molecule has 1 amide bonds. The van der Waals surface area contributed by atoms with Gasteiger partial charge in [-0.2, -0.15) is 0 Å². The number of rotatable bonds is 11. The average Bonchev–Trinajstić information content (AvgIpc) is 3.69. The van der Waals surface area contributed by atoms with Gasteiger partial charge in [-0.15, -0.1) is 0 Å². The van der Waals surface area contributed by atoms with Gasteiger partial charge in [-0.1, -0.05) is 38.1 Å². The van der Waals surface area contributed by atoms with Crippen molar-refractivity contribution >= 4 is 44.0 Å². The third-order valence-corrected chi connectivity index (χ3v) is 16.5. The number of aliphatic hydroxyl groups is 1. The van der Waals surface area contributed by atoms with Gasteiger partial charge in [-0.3, -0.25) is 14.9 Å². The molecule has 4 fully saturated rings. The number of benzene rings is 3. The summed E-state index contributed by atoms with van der Waals surface area (Å²) in [5.74, 6) is -0.980.